The molecule has 1 unspecified atom stereocenters. The third-order valence-electron chi connectivity index (χ3n) is 3.57. The monoisotopic (exact) mass is 371 g/mol. The van der Waals surface area contributed by atoms with Crippen LogP contribution in [0.5, 0.6) is 0 Å². The van der Waals surface area contributed by atoms with Crippen LogP contribution in [0.25, 0.3) is 0 Å². The second-order valence-electron chi connectivity index (χ2n) is 5.95. The van der Waals surface area contributed by atoms with E-state index in [9.17, 15) is 18.0 Å². The van der Waals surface area contributed by atoms with Crippen LogP contribution in [0.2, 0.25) is 0 Å². The van der Waals surface area contributed by atoms with Crippen molar-refractivity contribution in [1.29, 1.82) is 0 Å². The first kappa shape index (κ1) is 19.5. The van der Waals surface area contributed by atoms with Gasteiger partial charge in [-0.2, -0.15) is 13.2 Å². The first-order chi connectivity index (χ1) is 11.8. The summed E-state index contributed by atoms with van der Waals surface area (Å²) in [6, 6.07) is 11.2. The molecule has 3 nitrogen and oxygen atoms in total. The van der Waals surface area contributed by atoms with E-state index in [0.717, 1.165) is 10.4 Å². The van der Waals surface area contributed by atoms with E-state index in [1.165, 1.54) is 16.9 Å². The second kappa shape index (κ2) is 8.49. The molecule has 0 saturated carbocycles. The molecule has 0 spiro atoms. The van der Waals surface area contributed by atoms with Gasteiger partial charge < -0.3 is 10.1 Å². The Labute approximate surface area is 148 Å². The molecule has 0 bridgehead atoms. The number of nitrogens with one attached hydrogen (secondary N) is 1. The number of amides is 1. The molecule has 0 aliphatic rings. The lowest BCUT2D eigenvalue weighted by atomic mass is 9.98. The molecule has 1 aromatic carbocycles. The zero-order chi connectivity index (χ0) is 18.4. The molecule has 1 atom stereocenters. The molecular formula is C18H20F3NO2S. The molecule has 0 radical (unpaired) electrons. The summed E-state index contributed by atoms with van der Waals surface area (Å²) in [5, 5.41) is 4.64. The van der Waals surface area contributed by atoms with E-state index in [2.05, 4.69) is 23.9 Å². The van der Waals surface area contributed by atoms with Crippen molar-refractivity contribution in [3.8, 4) is 0 Å². The number of alkyl halides is 3. The summed E-state index contributed by atoms with van der Waals surface area (Å²) in [7, 11) is 0. The van der Waals surface area contributed by atoms with Crippen molar-refractivity contribution in [2.75, 3.05) is 13.2 Å². The van der Waals surface area contributed by atoms with Gasteiger partial charge >= 0.3 is 6.18 Å². The molecule has 0 saturated heterocycles. The van der Waals surface area contributed by atoms with Crippen molar-refractivity contribution in [2.24, 2.45) is 0 Å². The van der Waals surface area contributed by atoms with Crippen molar-refractivity contribution in [1.82, 2.24) is 5.32 Å². The topological polar surface area (TPSA) is 38.3 Å². The molecule has 1 amide bonds. The Balaban J connectivity index is 2.08. The highest BCUT2D eigenvalue weighted by Gasteiger charge is 2.28. The first-order valence-electron chi connectivity index (χ1n) is 7.83. The smallest absolute Gasteiger partial charge is 0.362 e. The van der Waals surface area contributed by atoms with E-state index in [1.54, 1.807) is 0 Å². The third kappa shape index (κ3) is 6.17. The van der Waals surface area contributed by atoms with Gasteiger partial charge in [-0.25, -0.2) is 0 Å². The summed E-state index contributed by atoms with van der Waals surface area (Å²) in [4.78, 5) is 12.9. The van der Waals surface area contributed by atoms with Gasteiger partial charge in [-0.1, -0.05) is 44.2 Å². The maximum Gasteiger partial charge on any atom is 0.411 e. The number of carbonyl (C=O) groups is 1. The zero-order valence-corrected chi connectivity index (χ0v) is 14.8. The number of ether oxygens (including phenoxy) is 1. The lowest BCUT2D eigenvalue weighted by molar-refractivity contribution is -0.175. The third-order valence-corrected chi connectivity index (χ3v) is 4.51. The Morgan fingerprint density at radius 3 is 2.32 bits per heavy atom. The fourth-order valence-electron chi connectivity index (χ4n) is 2.31. The molecule has 0 aliphatic carbocycles. The molecule has 1 heterocycles. The Hall–Kier alpha value is -1.86. The number of halogens is 3. The minimum Gasteiger partial charge on any atom is -0.362 e. The van der Waals surface area contributed by atoms with Gasteiger partial charge in [-0.15, -0.1) is 11.3 Å². The van der Waals surface area contributed by atoms with Gasteiger partial charge in [-0.3, -0.25) is 4.79 Å². The minimum atomic E-state index is -4.44. The average Bonchev–Trinajstić information content (AvgIpc) is 3.05. The molecule has 2 rings (SSSR count). The van der Waals surface area contributed by atoms with Crippen LogP contribution in [0.3, 0.4) is 0 Å². The summed E-state index contributed by atoms with van der Waals surface area (Å²) in [6.07, 6.45) is -4.44. The first-order valence-corrected chi connectivity index (χ1v) is 8.71. The number of rotatable bonds is 7. The molecule has 1 N–H and O–H groups in total. The zero-order valence-electron chi connectivity index (χ0n) is 14.0. The maximum absolute atomic E-state index is 12.1. The summed E-state index contributed by atoms with van der Waals surface area (Å²) in [6.45, 7) is 2.11. The van der Waals surface area contributed by atoms with Gasteiger partial charge in [-0.05, 0) is 28.5 Å². The van der Waals surface area contributed by atoms with Gasteiger partial charge in [0.25, 0.3) is 0 Å². The number of hydrogen-bond donors (Lipinski definition) is 1. The lowest BCUT2D eigenvalue weighted by Gasteiger charge is -2.19. The van der Waals surface area contributed by atoms with Crippen LogP contribution in [-0.2, 0) is 9.53 Å². The Bertz CT molecular complexity index is 667. The normalized spacial score (nSPS) is 13.0. The quantitative estimate of drug-likeness (QED) is 0.769. The van der Waals surface area contributed by atoms with Crippen LogP contribution in [0.4, 0.5) is 13.2 Å². The van der Waals surface area contributed by atoms with E-state index in [4.69, 9.17) is 0 Å². The van der Waals surface area contributed by atoms with Crippen LogP contribution in [0.15, 0.2) is 41.8 Å². The highest BCUT2D eigenvalue weighted by Crippen LogP contribution is 2.27. The Morgan fingerprint density at radius 2 is 1.80 bits per heavy atom. The van der Waals surface area contributed by atoms with E-state index >= 15 is 0 Å². The molecule has 7 heteroatoms. The SMILES string of the molecule is CC(C)c1ccc(C(NC(=O)COCC(F)(F)F)c2cccs2)cc1. The predicted molar refractivity (Wildman–Crippen MR) is 91.7 cm³/mol. The summed E-state index contributed by atoms with van der Waals surface area (Å²) in [5.74, 6) is -0.199. The minimum absolute atomic E-state index is 0.389. The average molecular weight is 371 g/mol. The maximum atomic E-state index is 12.1. The van der Waals surface area contributed by atoms with E-state index in [-0.39, 0.29) is 0 Å². The highest BCUT2D eigenvalue weighted by atomic mass is 32.1. The van der Waals surface area contributed by atoms with E-state index < -0.39 is 31.3 Å². The van der Waals surface area contributed by atoms with Crippen molar-refractivity contribution >= 4 is 17.2 Å². The molecular weight excluding hydrogens is 351 g/mol. The van der Waals surface area contributed by atoms with Gasteiger partial charge in [0.1, 0.15) is 13.2 Å². The number of benzene rings is 1. The van der Waals surface area contributed by atoms with Crippen molar-refractivity contribution < 1.29 is 22.7 Å². The molecule has 25 heavy (non-hydrogen) atoms. The van der Waals surface area contributed by atoms with Crippen molar-refractivity contribution in [3.63, 3.8) is 0 Å². The van der Waals surface area contributed by atoms with Gasteiger partial charge in [0.2, 0.25) is 5.91 Å². The largest absolute Gasteiger partial charge is 0.411 e. The Kier molecular flexibility index (Phi) is 6.61. The standard InChI is InChI=1S/C18H20F3NO2S/c1-12(2)13-5-7-14(8-6-13)17(15-4-3-9-25-15)22-16(23)10-24-11-18(19,20)21/h3-9,12,17H,10-11H2,1-2H3,(H,22,23). The van der Waals surface area contributed by atoms with Crippen molar-refractivity contribution in [2.45, 2.75) is 32.0 Å². The molecule has 1 aromatic heterocycles. The predicted octanol–water partition coefficient (Wildman–Crippen LogP) is 4.66. The van der Waals surface area contributed by atoms with E-state index in [1.807, 2.05) is 41.8 Å². The fourth-order valence-corrected chi connectivity index (χ4v) is 3.11. The summed E-state index contributed by atoms with van der Waals surface area (Å²) in [5.41, 5.74) is 2.05. The van der Waals surface area contributed by atoms with E-state index in [0.29, 0.717) is 5.92 Å². The second-order valence-corrected chi connectivity index (χ2v) is 6.92. The fraction of sp³-hybridized carbons (Fsp3) is 0.389. The van der Waals surface area contributed by atoms with Crippen LogP contribution in [-0.4, -0.2) is 25.3 Å². The number of hydrogen-bond acceptors (Lipinski definition) is 3. The number of thiophene rings is 1. The van der Waals surface area contributed by atoms with Crippen LogP contribution >= 0.6 is 11.3 Å². The lowest BCUT2D eigenvalue weighted by Crippen LogP contribution is -2.33. The van der Waals surface area contributed by atoms with Crippen molar-refractivity contribution in [3.05, 3.63) is 57.8 Å². The highest BCUT2D eigenvalue weighted by molar-refractivity contribution is 7.10. The van der Waals surface area contributed by atoms with Gasteiger partial charge in [0.15, 0.2) is 0 Å². The molecule has 0 aliphatic heterocycles. The summed E-state index contributed by atoms with van der Waals surface area (Å²) < 4.78 is 40.7. The van der Waals surface area contributed by atoms with Crippen LogP contribution in [0, 0.1) is 0 Å². The van der Waals surface area contributed by atoms with Crippen LogP contribution < -0.4 is 5.32 Å². The molecule has 0 fully saturated rings. The van der Waals surface area contributed by atoms with Gasteiger partial charge in [0, 0.05) is 4.88 Å². The van der Waals surface area contributed by atoms with Gasteiger partial charge in [0.05, 0.1) is 6.04 Å². The molecule has 136 valence electrons. The Morgan fingerprint density at radius 1 is 1.16 bits per heavy atom. The van der Waals surface area contributed by atoms with Crippen LogP contribution in [0.1, 0.15) is 41.8 Å². The number of carbonyl (C=O) groups excluding carboxylic acids is 1. The molecule has 2 aromatic rings. The summed E-state index contributed by atoms with van der Waals surface area (Å²) >= 11 is 1.47.